The van der Waals surface area contributed by atoms with Gasteiger partial charge in [-0.15, -0.1) is 0 Å². The van der Waals surface area contributed by atoms with Gasteiger partial charge in [-0.3, -0.25) is 9.59 Å². The van der Waals surface area contributed by atoms with Gasteiger partial charge < -0.3 is 15.4 Å². The maximum Gasteiger partial charge on any atom is 0.407 e. The highest BCUT2D eigenvalue weighted by Gasteiger charge is 2.28. The van der Waals surface area contributed by atoms with Crippen molar-refractivity contribution < 1.29 is 19.1 Å². The van der Waals surface area contributed by atoms with Crippen molar-refractivity contribution in [2.45, 2.75) is 70.9 Å². The molecule has 0 aromatic carbocycles. The summed E-state index contributed by atoms with van der Waals surface area (Å²) in [6.45, 7) is 5.24. The highest BCUT2D eigenvalue weighted by atomic mass is 16.6. The number of ketones is 1. The number of amides is 2. The lowest BCUT2D eigenvalue weighted by atomic mass is 9.94. The Bertz CT molecular complexity index is 499. The van der Waals surface area contributed by atoms with Crippen LogP contribution >= 0.6 is 0 Å². The van der Waals surface area contributed by atoms with E-state index in [0.29, 0.717) is 0 Å². The summed E-state index contributed by atoms with van der Waals surface area (Å²) in [4.78, 5) is 35.6. The molecule has 7 nitrogen and oxygen atoms in total. The van der Waals surface area contributed by atoms with Crippen LogP contribution < -0.4 is 10.6 Å². The Morgan fingerprint density at radius 1 is 1.21 bits per heavy atom. The molecule has 24 heavy (non-hydrogen) atoms. The Kier molecular flexibility index (Phi) is 7.69. The summed E-state index contributed by atoms with van der Waals surface area (Å²) >= 11 is 0. The molecule has 1 fully saturated rings. The van der Waals surface area contributed by atoms with Crippen LogP contribution in [0.1, 0.15) is 59.3 Å². The van der Waals surface area contributed by atoms with E-state index in [0.717, 1.165) is 32.1 Å². The zero-order chi connectivity index (χ0) is 18.2. The highest BCUT2D eigenvalue weighted by Crippen LogP contribution is 2.18. The number of hydrogen-bond acceptors (Lipinski definition) is 5. The van der Waals surface area contributed by atoms with E-state index < -0.39 is 29.3 Å². The highest BCUT2D eigenvalue weighted by molar-refractivity contribution is 6.04. The van der Waals surface area contributed by atoms with E-state index in [1.807, 2.05) is 0 Å². The van der Waals surface area contributed by atoms with Crippen LogP contribution in [0.15, 0.2) is 0 Å². The molecule has 1 atom stereocenters. The van der Waals surface area contributed by atoms with Crippen LogP contribution in [0.2, 0.25) is 0 Å². The maximum absolute atomic E-state index is 12.1. The minimum Gasteiger partial charge on any atom is -0.444 e. The zero-order valence-electron chi connectivity index (χ0n) is 14.7. The molecule has 1 rings (SSSR count). The largest absolute Gasteiger partial charge is 0.444 e. The Balaban J connectivity index is 2.38. The zero-order valence-corrected chi connectivity index (χ0v) is 14.7. The predicted molar refractivity (Wildman–Crippen MR) is 88.0 cm³/mol. The number of alkyl carbamates (subject to hydrolysis) is 1. The van der Waals surface area contributed by atoms with Crippen LogP contribution in [-0.2, 0) is 14.3 Å². The molecule has 0 radical (unpaired) electrons. The molecule has 1 saturated carbocycles. The molecule has 1 aliphatic rings. The molecule has 0 spiro atoms. The van der Waals surface area contributed by atoms with Crippen LogP contribution in [0, 0.1) is 17.2 Å². The molecule has 134 valence electrons. The van der Waals surface area contributed by atoms with Gasteiger partial charge in [-0.1, -0.05) is 19.3 Å². The van der Waals surface area contributed by atoms with Crippen molar-refractivity contribution in [1.29, 1.82) is 5.26 Å². The minimum absolute atomic E-state index is 0.0304. The second kappa shape index (κ2) is 9.26. The molecular weight excluding hydrogens is 310 g/mol. The van der Waals surface area contributed by atoms with E-state index >= 15 is 0 Å². The van der Waals surface area contributed by atoms with Gasteiger partial charge in [0, 0.05) is 19.0 Å². The van der Waals surface area contributed by atoms with Crippen LogP contribution in [-0.4, -0.2) is 36.0 Å². The van der Waals surface area contributed by atoms with Crippen LogP contribution in [0.5, 0.6) is 0 Å². The minimum atomic E-state index is -1.33. The molecule has 0 bridgehead atoms. The van der Waals surface area contributed by atoms with Gasteiger partial charge in [0.15, 0.2) is 11.7 Å². The first-order valence-electron chi connectivity index (χ1n) is 8.42. The normalized spacial score (nSPS) is 16.6. The Morgan fingerprint density at radius 3 is 2.38 bits per heavy atom. The molecule has 2 amide bonds. The van der Waals surface area contributed by atoms with Crippen LogP contribution in [0.25, 0.3) is 0 Å². The van der Waals surface area contributed by atoms with Crippen molar-refractivity contribution in [2.75, 3.05) is 6.54 Å². The van der Waals surface area contributed by atoms with Crippen molar-refractivity contribution in [3.8, 4) is 6.07 Å². The Hall–Kier alpha value is -2.10. The molecule has 0 heterocycles. The van der Waals surface area contributed by atoms with E-state index in [1.165, 1.54) is 0 Å². The van der Waals surface area contributed by atoms with Crippen LogP contribution in [0.4, 0.5) is 4.79 Å². The number of carbonyl (C=O) groups excluding carboxylic acids is 3. The van der Waals surface area contributed by atoms with Gasteiger partial charge in [-0.25, -0.2) is 4.79 Å². The summed E-state index contributed by atoms with van der Waals surface area (Å²) in [6, 6.07) is 1.81. The summed E-state index contributed by atoms with van der Waals surface area (Å²) in [7, 11) is 0. The number of hydrogen-bond donors (Lipinski definition) is 2. The lowest BCUT2D eigenvalue weighted by Crippen LogP contribution is -2.42. The van der Waals surface area contributed by atoms with E-state index in [9.17, 15) is 14.4 Å². The van der Waals surface area contributed by atoms with E-state index in [4.69, 9.17) is 10.00 Å². The SMILES string of the molecule is CC(C)(C)OC(=O)NCCC(=O)[C@H](C#N)C(=O)NC1CCCCC1. The topological polar surface area (TPSA) is 108 Å². The average molecular weight is 337 g/mol. The summed E-state index contributed by atoms with van der Waals surface area (Å²) in [5.41, 5.74) is -0.622. The van der Waals surface area contributed by atoms with Gasteiger partial charge >= 0.3 is 6.09 Å². The first-order valence-corrected chi connectivity index (χ1v) is 8.42. The molecule has 0 aromatic heterocycles. The third kappa shape index (κ3) is 7.44. The lowest BCUT2D eigenvalue weighted by molar-refractivity contribution is -0.132. The third-order valence-corrected chi connectivity index (χ3v) is 3.70. The number of nitrogens with one attached hydrogen (secondary N) is 2. The smallest absolute Gasteiger partial charge is 0.407 e. The third-order valence-electron chi connectivity index (χ3n) is 3.70. The van der Waals surface area contributed by atoms with Crippen molar-refractivity contribution in [1.82, 2.24) is 10.6 Å². The number of nitrogens with zero attached hydrogens (tertiary/aromatic N) is 1. The number of ether oxygens (including phenoxy) is 1. The fourth-order valence-corrected chi connectivity index (χ4v) is 2.55. The second-order valence-electron chi connectivity index (χ2n) is 7.05. The van der Waals surface area contributed by atoms with Gasteiger partial charge in [-0.2, -0.15) is 5.26 Å². The molecule has 0 aromatic rings. The van der Waals surface area contributed by atoms with E-state index in [2.05, 4.69) is 10.6 Å². The molecule has 0 unspecified atom stereocenters. The predicted octanol–water partition coefficient (Wildman–Crippen LogP) is 2.06. The lowest BCUT2D eigenvalue weighted by Gasteiger charge is -2.23. The van der Waals surface area contributed by atoms with Crippen molar-refractivity contribution in [3.05, 3.63) is 0 Å². The fourth-order valence-electron chi connectivity index (χ4n) is 2.55. The van der Waals surface area contributed by atoms with Crippen molar-refractivity contribution in [2.24, 2.45) is 5.92 Å². The quantitative estimate of drug-likeness (QED) is 0.721. The van der Waals surface area contributed by atoms with E-state index in [1.54, 1.807) is 26.8 Å². The average Bonchev–Trinajstić information content (AvgIpc) is 2.47. The number of carbonyl (C=O) groups is 3. The first kappa shape index (κ1) is 19.9. The number of Topliss-reactive ketones (excluding diaryl/α,β-unsaturated/α-hetero) is 1. The number of nitriles is 1. The molecule has 2 N–H and O–H groups in total. The molecule has 1 aliphatic carbocycles. The summed E-state index contributed by atoms with van der Waals surface area (Å²) < 4.78 is 5.05. The summed E-state index contributed by atoms with van der Waals surface area (Å²) in [6.07, 6.45) is 4.32. The van der Waals surface area contributed by atoms with Gasteiger partial charge in [0.1, 0.15) is 5.60 Å². The maximum atomic E-state index is 12.1. The molecule has 0 aliphatic heterocycles. The molecule has 0 saturated heterocycles. The number of rotatable bonds is 6. The summed E-state index contributed by atoms with van der Waals surface area (Å²) in [5.74, 6) is -2.36. The summed E-state index contributed by atoms with van der Waals surface area (Å²) in [5, 5.41) is 14.3. The van der Waals surface area contributed by atoms with Crippen molar-refractivity contribution in [3.63, 3.8) is 0 Å². The Labute approximate surface area is 143 Å². The van der Waals surface area contributed by atoms with Crippen LogP contribution in [0.3, 0.4) is 0 Å². The van der Waals surface area contributed by atoms with Gasteiger partial charge in [0.05, 0.1) is 6.07 Å². The molecule has 7 heteroatoms. The van der Waals surface area contributed by atoms with Crippen molar-refractivity contribution >= 4 is 17.8 Å². The Morgan fingerprint density at radius 2 is 1.83 bits per heavy atom. The standard InChI is InChI=1S/C17H27N3O4/c1-17(2,3)24-16(23)19-10-9-14(21)13(11-18)15(22)20-12-7-5-4-6-8-12/h12-13H,4-10H2,1-3H3,(H,19,23)(H,20,22)/t13-/m0/s1. The van der Waals surface area contributed by atoms with Gasteiger partial charge in [-0.05, 0) is 33.6 Å². The van der Waals surface area contributed by atoms with Gasteiger partial charge in [0.2, 0.25) is 5.91 Å². The fraction of sp³-hybridized carbons (Fsp3) is 0.765. The first-order chi connectivity index (χ1) is 11.2. The van der Waals surface area contributed by atoms with E-state index in [-0.39, 0.29) is 19.0 Å². The molecular formula is C17H27N3O4. The van der Waals surface area contributed by atoms with Gasteiger partial charge in [0.25, 0.3) is 0 Å². The second-order valence-corrected chi connectivity index (χ2v) is 7.05. The monoisotopic (exact) mass is 337 g/mol.